The molecule has 0 radical (unpaired) electrons. The largest absolute Gasteiger partial charge is 0.444 e. The summed E-state index contributed by atoms with van der Waals surface area (Å²) in [6.07, 6.45) is -0.365. The van der Waals surface area contributed by atoms with Crippen molar-refractivity contribution < 1.29 is 9.53 Å². The molecule has 1 rings (SSSR count). The van der Waals surface area contributed by atoms with Crippen molar-refractivity contribution in [1.82, 2.24) is 5.32 Å². The van der Waals surface area contributed by atoms with Gasteiger partial charge in [-0.3, -0.25) is 0 Å². The van der Waals surface area contributed by atoms with E-state index in [1.807, 2.05) is 20.8 Å². The molecule has 0 fully saturated rings. The summed E-state index contributed by atoms with van der Waals surface area (Å²) in [5.74, 6) is 0. The van der Waals surface area contributed by atoms with Gasteiger partial charge in [-0.2, -0.15) is 0 Å². The predicted molar refractivity (Wildman–Crippen MR) is 66.9 cm³/mol. The molecule has 0 saturated heterocycles. The lowest BCUT2D eigenvalue weighted by Gasteiger charge is -2.19. The van der Waals surface area contributed by atoms with E-state index in [1.165, 1.54) is 10.4 Å². The lowest BCUT2D eigenvalue weighted by atomic mass is 10.2. The van der Waals surface area contributed by atoms with Crippen LogP contribution in [0, 0.1) is 13.8 Å². The van der Waals surface area contributed by atoms with Crippen LogP contribution >= 0.6 is 11.3 Å². The first kappa shape index (κ1) is 13.0. The molecule has 0 spiro atoms. The Kier molecular flexibility index (Phi) is 3.97. The Morgan fingerprint density at radius 1 is 1.44 bits per heavy atom. The third-order valence-corrected chi connectivity index (χ3v) is 3.18. The molecule has 90 valence electrons. The average Bonchev–Trinajstić information content (AvgIpc) is 2.40. The zero-order valence-electron chi connectivity index (χ0n) is 10.5. The second kappa shape index (κ2) is 4.87. The fourth-order valence-corrected chi connectivity index (χ4v) is 2.20. The standard InChI is InChI=1S/C12H19NO2S/c1-8-6-10(16-9(8)2)7-13-11(14)15-12(3,4)5/h6H,7H2,1-5H3,(H,13,14). The van der Waals surface area contributed by atoms with E-state index in [4.69, 9.17) is 4.74 Å². The highest BCUT2D eigenvalue weighted by Gasteiger charge is 2.15. The van der Waals surface area contributed by atoms with Crippen LogP contribution < -0.4 is 5.32 Å². The molecule has 4 heteroatoms. The van der Waals surface area contributed by atoms with E-state index in [2.05, 4.69) is 25.2 Å². The monoisotopic (exact) mass is 241 g/mol. The minimum absolute atomic E-state index is 0.365. The van der Waals surface area contributed by atoms with Crippen molar-refractivity contribution in [2.45, 2.75) is 46.8 Å². The molecule has 0 saturated carbocycles. The average molecular weight is 241 g/mol. The van der Waals surface area contributed by atoms with E-state index < -0.39 is 5.60 Å². The van der Waals surface area contributed by atoms with Crippen molar-refractivity contribution in [3.63, 3.8) is 0 Å². The second-order valence-corrected chi connectivity index (χ2v) is 6.15. The van der Waals surface area contributed by atoms with Crippen LogP contribution in [0.2, 0.25) is 0 Å². The topological polar surface area (TPSA) is 38.3 Å². The Labute approximate surface area is 101 Å². The van der Waals surface area contributed by atoms with Crippen LogP contribution in [0.4, 0.5) is 4.79 Å². The summed E-state index contributed by atoms with van der Waals surface area (Å²) in [5, 5.41) is 2.75. The highest BCUT2D eigenvalue weighted by atomic mass is 32.1. The molecule has 1 aromatic heterocycles. The number of thiophene rings is 1. The molecule has 0 aliphatic carbocycles. The van der Waals surface area contributed by atoms with Gasteiger partial charge in [0, 0.05) is 9.75 Å². The van der Waals surface area contributed by atoms with Gasteiger partial charge in [-0.1, -0.05) is 0 Å². The number of alkyl carbamates (subject to hydrolysis) is 1. The molecule has 1 N–H and O–H groups in total. The molecule has 1 aromatic rings. The van der Waals surface area contributed by atoms with Crippen LogP contribution in [0.5, 0.6) is 0 Å². The van der Waals surface area contributed by atoms with Crippen LogP contribution in [0.25, 0.3) is 0 Å². The van der Waals surface area contributed by atoms with Crippen molar-refractivity contribution in [2.24, 2.45) is 0 Å². The predicted octanol–water partition coefficient (Wildman–Crippen LogP) is 3.39. The van der Waals surface area contributed by atoms with Crippen LogP contribution in [-0.2, 0) is 11.3 Å². The number of carbonyl (C=O) groups is 1. The van der Waals surface area contributed by atoms with Gasteiger partial charge in [-0.15, -0.1) is 11.3 Å². The van der Waals surface area contributed by atoms with E-state index in [9.17, 15) is 4.79 Å². The van der Waals surface area contributed by atoms with E-state index in [1.54, 1.807) is 11.3 Å². The van der Waals surface area contributed by atoms with Gasteiger partial charge in [-0.25, -0.2) is 4.79 Å². The first-order valence-corrected chi connectivity index (χ1v) is 6.12. The summed E-state index contributed by atoms with van der Waals surface area (Å²) in [4.78, 5) is 13.8. The maximum absolute atomic E-state index is 11.4. The molecule has 0 aromatic carbocycles. The minimum Gasteiger partial charge on any atom is -0.444 e. The van der Waals surface area contributed by atoms with E-state index >= 15 is 0 Å². The number of aryl methyl sites for hydroxylation is 2. The number of nitrogens with one attached hydrogen (secondary N) is 1. The Morgan fingerprint density at radius 2 is 2.06 bits per heavy atom. The fourth-order valence-electron chi connectivity index (χ4n) is 1.21. The Bertz CT molecular complexity index is 357. The van der Waals surface area contributed by atoms with Gasteiger partial charge in [0.15, 0.2) is 0 Å². The third-order valence-electron chi connectivity index (χ3n) is 2.02. The number of rotatable bonds is 2. The highest BCUT2D eigenvalue weighted by molar-refractivity contribution is 7.12. The molecule has 3 nitrogen and oxygen atoms in total. The Morgan fingerprint density at radius 3 is 2.50 bits per heavy atom. The zero-order chi connectivity index (χ0) is 12.3. The summed E-state index contributed by atoms with van der Waals surface area (Å²) in [5.41, 5.74) is 0.830. The fraction of sp³-hybridized carbons (Fsp3) is 0.583. The number of amides is 1. The minimum atomic E-state index is -0.439. The van der Waals surface area contributed by atoms with E-state index in [-0.39, 0.29) is 6.09 Å². The molecule has 0 atom stereocenters. The maximum atomic E-state index is 11.4. The molecule has 16 heavy (non-hydrogen) atoms. The van der Waals surface area contributed by atoms with Gasteiger partial charge < -0.3 is 10.1 Å². The molecular formula is C12H19NO2S. The number of hydrogen-bond donors (Lipinski definition) is 1. The van der Waals surface area contributed by atoms with Crippen molar-refractivity contribution >= 4 is 17.4 Å². The normalized spacial score (nSPS) is 11.3. The molecule has 1 heterocycles. The SMILES string of the molecule is Cc1cc(CNC(=O)OC(C)(C)C)sc1C. The molecule has 1 amide bonds. The summed E-state index contributed by atoms with van der Waals surface area (Å²) in [6.45, 7) is 10.2. The van der Waals surface area contributed by atoms with Gasteiger partial charge in [-0.05, 0) is 46.2 Å². The Hall–Kier alpha value is -1.03. The number of carbonyl (C=O) groups excluding carboxylic acids is 1. The van der Waals surface area contributed by atoms with Gasteiger partial charge in [0.25, 0.3) is 0 Å². The van der Waals surface area contributed by atoms with Gasteiger partial charge in [0.1, 0.15) is 5.60 Å². The molecular weight excluding hydrogens is 222 g/mol. The molecule has 0 bridgehead atoms. The summed E-state index contributed by atoms with van der Waals surface area (Å²) in [6, 6.07) is 2.09. The lowest BCUT2D eigenvalue weighted by Crippen LogP contribution is -2.31. The number of ether oxygens (including phenoxy) is 1. The van der Waals surface area contributed by atoms with Crippen LogP contribution in [0.15, 0.2) is 6.07 Å². The lowest BCUT2D eigenvalue weighted by molar-refractivity contribution is 0.0524. The van der Waals surface area contributed by atoms with Gasteiger partial charge in [0.05, 0.1) is 6.54 Å². The molecule has 0 unspecified atom stereocenters. The van der Waals surface area contributed by atoms with Gasteiger partial charge >= 0.3 is 6.09 Å². The Balaban J connectivity index is 2.43. The summed E-state index contributed by atoms with van der Waals surface area (Å²) >= 11 is 1.70. The molecule has 0 aliphatic rings. The van der Waals surface area contributed by atoms with E-state index in [0.717, 1.165) is 4.88 Å². The van der Waals surface area contributed by atoms with Crippen LogP contribution in [0.1, 0.15) is 36.1 Å². The van der Waals surface area contributed by atoms with Crippen LogP contribution in [-0.4, -0.2) is 11.7 Å². The van der Waals surface area contributed by atoms with Crippen molar-refractivity contribution in [3.8, 4) is 0 Å². The summed E-state index contributed by atoms with van der Waals surface area (Å²) < 4.78 is 5.15. The molecule has 0 aliphatic heterocycles. The highest BCUT2D eigenvalue weighted by Crippen LogP contribution is 2.20. The first-order valence-electron chi connectivity index (χ1n) is 5.31. The van der Waals surface area contributed by atoms with Gasteiger partial charge in [0.2, 0.25) is 0 Å². The van der Waals surface area contributed by atoms with Crippen molar-refractivity contribution in [3.05, 3.63) is 21.4 Å². The quantitative estimate of drug-likeness (QED) is 0.862. The zero-order valence-corrected chi connectivity index (χ0v) is 11.3. The third kappa shape index (κ3) is 4.23. The first-order chi connectivity index (χ1) is 7.28. The van der Waals surface area contributed by atoms with Crippen LogP contribution in [0.3, 0.4) is 0 Å². The summed E-state index contributed by atoms with van der Waals surface area (Å²) in [7, 11) is 0. The number of hydrogen-bond acceptors (Lipinski definition) is 3. The van der Waals surface area contributed by atoms with E-state index in [0.29, 0.717) is 6.54 Å². The van der Waals surface area contributed by atoms with Crippen molar-refractivity contribution in [2.75, 3.05) is 0 Å². The van der Waals surface area contributed by atoms with Crippen molar-refractivity contribution in [1.29, 1.82) is 0 Å². The smallest absolute Gasteiger partial charge is 0.407 e. The maximum Gasteiger partial charge on any atom is 0.407 e. The second-order valence-electron chi connectivity index (χ2n) is 4.81.